The van der Waals surface area contributed by atoms with Crippen LogP contribution in [0.5, 0.6) is 5.75 Å². The van der Waals surface area contributed by atoms with Crippen LogP contribution in [-0.4, -0.2) is 11.1 Å². The predicted molar refractivity (Wildman–Crippen MR) is 146 cm³/mol. The van der Waals surface area contributed by atoms with Crippen LogP contribution in [0.3, 0.4) is 0 Å². The fraction of sp³-hybridized carbons (Fsp3) is 0.207. The first-order chi connectivity index (χ1) is 16.0. The van der Waals surface area contributed by atoms with Crippen LogP contribution in [0.15, 0.2) is 66.0 Å². The maximum Gasteiger partial charge on any atom is 0.304 e. The number of carboxylic acid groups (broad SMARTS) is 1. The number of carbonyl (C=O) groups is 1. The Hall–Kier alpha value is -3.20. The second-order valence-electron chi connectivity index (χ2n) is 8.15. The van der Waals surface area contributed by atoms with E-state index in [1.807, 2.05) is 30.3 Å². The van der Waals surface area contributed by atoms with Crippen LogP contribution in [0.4, 0.5) is 0 Å². The van der Waals surface area contributed by atoms with E-state index >= 15 is 0 Å². The van der Waals surface area contributed by atoms with Crippen LogP contribution in [0, 0.1) is 25.7 Å². The van der Waals surface area contributed by atoms with Gasteiger partial charge in [-0.2, -0.15) is 13.5 Å². The molecule has 0 bridgehead atoms. The molecule has 0 aliphatic rings. The monoisotopic (exact) mass is 488 g/mol. The molecule has 4 rings (SSSR count). The molecule has 0 aliphatic carbocycles. The summed E-state index contributed by atoms with van der Waals surface area (Å²) in [4.78, 5) is 11.1. The van der Waals surface area contributed by atoms with E-state index in [0.29, 0.717) is 6.61 Å². The Balaban J connectivity index is 0.00000324. The zero-order chi connectivity index (χ0) is 23.4. The Labute approximate surface area is 211 Å². The summed E-state index contributed by atoms with van der Waals surface area (Å²) in [5.74, 6) is 5.50. The number of benzene rings is 3. The summed E-state index contributed by atoms with van der Waals surface area (Å²) < 4.78 is 7.36. The first-order valence-electron chi connectivity index (χ1n) is 10.9. The highest BCUT2D eigenvalue weighted by atomic mass is 32.1. The van der Waals surface area contributed by atoms with E-state index in [1.54, 1.807) is 18.3 Å². The van der Waals surface area contributed by atoms with Crippen molar-refractivity contribution in [3.63, 3.8) is 0 Å². The molecule has 1 N–H and O–H groups in total. The molecule has 3 nitrogen and oxygen atoms in total. The van der Waals surface area contributed by atoms with Gasteiger partial charge in [-0.15, -0.1) is 17.3 Å². The van der Waals surface area contributed by atoms with Gasteiger partial charge in [0, 0.05) is 15.6 Å². The average Bonchev–Trinajstić information content (AvgIpc) is 3.20. The molecule has 174 valence electrons. The van der Waals surface area contributed by atoms with E-state index in [2.05, 4.69) is 61.4 Å². The van der Waals surface area contributed by atoms with Gasteiger partial charge in [0.25, 0.3) is 0 Å². The van der Waals surface area contributed by atoms with Gasteiger partial charge in [0.05, 0.1) is 12.3 Å². The van der Waals surface area contributed by atoms with E-state index in [-0.39, 0.29) is 25.8 Å². The minimum absolute atomic E-state index is 0. The third-order valence-corrected chi connectivity index (χ3v) is 6.74. The van der Waals surface area contributed by atoms with Gasteiger partial charge in [0.2, 0.25) is 0 Å². The molecule has 4 aromatic rings. The quantitative estimate of drug-likeness (QED) is 0.275. The molecular weight excluding hydrogens is 460 g/mol. The zero-order valence-electron chi connectivity index (χ0n) is 19.5. The summed E-state index contributed by atoms with van der Waals surface area (Å²) in [5.41, 5.74) is 7.03. The van der Waals surface area contributed by atoms with Gasteiger partial charge in [0.1, 0.15) is 12.4 Å². The Morgan fingerprint density at radius 3 is 2.41 bits per heavy atom. The number of carboxylic acids is 1. The second-order valence-corrected chi connectivity index (χ2v) is 9.06. The maximum atomic E-state index is 11.1. The maximum absolute atomic E-state index is 11.1. The normalized spacial score (nSPS) is 11.3. The summed E-state index contributed by atoms with van der Waals surface area (Å²) in [5, 5.41) is 12.6. The first kappa shape index (κ1) is 25.4. The molecule has 1 atom stereocenters. The standard InChI is InChI=1S/C29H26O3S.H2S/c1-4-6-23(15-28(30)31)22-11-9-21(10-12-22)17-32-24-13-14-27-25(16-24)26(18-33-27)29-19(2)7-5-8-20(29)3;/h5,7-14,16,18,23H,15,17H2,1-3H3,(H,30,31);1H2/t23-;/m0./s1. The summed E-state index contributed by atoms with van der Waals surface area (Å²) in [6.45, 7) is 6.48. The topological polar surface area (TPSA) is 46.5 Å². The fourth-order valence-electron chi connectivity index (χ4n) is 4.14. The lowest BCUT2D eigenvalue weighted by Gasteiger charge is -2.12. The molecule has 0 saturated carbocycles. The fourth-order valence-corrected chi connectivity index (χ4v) is 5.08. The molecule has 0 spiro atoms. The second kappa shape index (κ2) is 11.3. The minimum atomic E-state index is -0.848. The molecule has 1 aromatic heterocycles. The van der Waals surface area contributed by atoms with Crippen LogP contribution in [0.25, 0.3) is 21.2 Å². The highest BCUT2D eigenvalue weighted by Crippen LogP contribution is 2.39. The van der Waals surface area contributed by atoms with Gasteiger partial charge < -0.3 is 9.84 Å². The molecule has 1 heterocycles. The number of rotatable bonds is 7. The Morgan fingerprint density at radius 2 is 1.76 bits per heavy atom. The summed E-state index contributed by atoms with van der Waals surface area (Å²) in [6, 6.07) is 20.5. The summed E-state index contributed by atoms with van der Waals surface area (Å²) in [6.07, 6.45) is 0.0000377. The molecule has 3 aromatic carbocycles. The number of fused-ring (bicyclic) bond motifs is 1. The van der Waals surface area contributed by atoms with Crippen molar-refractivity contribution >= 4 is 40.9 Å². The predicted octanol–water partition coefficient (Wildman–Crippen LogP) is 7.46. The highest BCUT2D eigenvalue weighted by Gasteiger charge is 2.14. The van der Waals surface area contributed by atoms with Gasteiger partial charge in [-0.1, -0.05) is 48.4 Å². The lowest BCUT2D eigenvalue weighted by Crippen LogP contribution is -2.05. The first-order valence-corrected chi connectivity index (χ1v) is 11.8. The lowest BCUT2D eigenvalue weighted by molar-refractivity contribution is -0.137. The van der Waals surface area contributed by atoms with Crippen LogP contribution >= 0.6 is 24.8 Å². The summed E-state index contributed by atoms with van der Waals surface area (Å²) in [7, 11) is 0. The molecule has 34 heavy (non-hydrogen) atoms. The van der Waals surface area contributed by atoms with Crippen molar-refractivity contribution in [3.8, 4) is 28.7 Å². The van der Waals surface area contributed by atoms with E-state index in [0.717, 1.165) is 16.9 Å². The van der Waals surface area contributed by atoms with Gasteiger partial charge in [-0.25, -0.2) is 0 Å². The lowest BCUT2D eigenvalue weighted by atomic mass is 9.95. The van der Waals surface area contributed by atoms with Crippen molar-refractivity contribution in [1.29, 1.82) is 0 Å². The van der Waals surface area contributed by atoms with Gasteiger partial charge in [-0.05, 0) is 72.2 Å². The SMILES string of the molecule is CC#C[C@@H](CC(=O)O)c1ccc(COc2ccc3scc(-c4c(C)cccc4C)c3c2)cc1.S. The molecule has 0 fully saturated rings. The third kappa shape index (κ3) is 5.64. The van der Waals surface area contributed by atoms with Crippen molar-refractivity contribution in [2.24, 2.45) is 0 Å². The molecule has 0 saturated heterocycles. The average molecular weight is 489 g/mol. The van der Waals surface area contributed by atoms with Gasteiger partial charge in [0.15, 0.2) is 0 Å². The van der Waals surface area contributed by atoms with Crippen molar-refractivity contribution in [2.45, 2.75) is 39.7 Å². The van der Waals surface area contributed by atoms with E-state index < -0.39 is 5.97 Å². The van der Waals surface area contributed by atoms with E-state index in [9.17, 15) is 4.79 Å². The van der Waals surface area contributed by atoms with Crippen molar-refractivity contribution in [2.75, 3.05) is 0 Å². The number of ether oxygens (including phenoxy) is 1. The molecule has 0 unspecified atom stereocenters. The van der Waals surface area contributed by atoms with Crippen molar-refractivity contribution < 1.29 is 14.6 Å². The van der Waals surface area contributed by atoms with Crippen molar-refractivity contribution in [3.05, 3.63) is 88.3 Å². The van der Waals surface area contributed by atoms with Crippen LogP contribution in [0.2, 0.25) is 0 Å². The molecule has 0 amide bonds. The third-order valence-electron chi connectivity index (χ3n) is 5.78. The number of aliphatic carboxylic acids is 1. The number of hydrogen-bond donors (Lipinski definition) is 1. The number of thiophene rings is 1. The van der Waals surface area contributed by atoms with E-state index in [4.69, 9.17) is 9.84 Å². The van der Waals surface area contributed by atoms with Gasteiger partial charge in [-0.3, -0.25) is 4.79 Å². The van der Waals surface area contributed by atoms with Crippen LogP contribution in [0.1, 0.15) is 41.5 Å². The molecular formula is C29H28O3S2. The summed E-state index contributed by atoms with van der Waals surface area (Å²) >= 11 is 1.75. The smallest absolute Gasteiger partial charge is 0.304 e. The Morgan fingerprint density at radius 1 is 1.06 bits per heavy atom. The van der Waals surface area contributed by atoms with E-state index in [1.165, 1.54) is 32.3 Å². The van der Waals surface area contributed by atoms with Crippen LogP contribution < -0.4 is 4.74 Å². The number of hydrogen-bond acceptors (Lipinski definition) is 3. The van der Waals surface area contributed by atoms with Crippen LogP contribution in [-0.2, 0) is 11.4 Å². The highest BCUT2D eigenvalue weighted by molar-refractivity contribution is 7.59. The molecule has 0 radical (unpaired) electrons. The minimum Gasteiger partial charge on any atom is -0.489 e. The Bertz CT molecular complexity index is 1340. The Kier molecular flexibility index (Phi) is 8.44. The number of aryl methyl sites for hydroxylation is 2. The zero-order valence-corrected chi connectivity index (χ0v) is 21.3. The molecule has 0 aliphatic heterocycles. The molecule has 5 heteroatoms. The van der Waals surface area contributed by atoms with Gasteiger partial charge >= 0.3 is 5.97 Å². The van der Waals surface area contributed by atoms with Crippen molar-refractivity contribution in [1.82, 2.24) is 0 Å². The largest absolute Gasteiger partial charge is 0.489 e.